The Morgan fingerprint density at radius 1 is 1.19 bits per heavy atom. The van der Waals surface area contributed by atoms with Gasteiger partial charge in [0.05, 0.1) is 18.2 Å². The number of hydrogen-bond acceptors (Lipinski definition) is 6. The summed E-state index contributed by atoms with van der Waals surface area (Å²) in [6.45, 7) is 5.74. The van der Waals surface area contributed by atoms with Crippen LogP contribution >= 0.6 is 0 Å². The van der Waals surface area contributed by atoms with Gasteiger partial charge in [0.1, 0.15) is 0 Å². The van der Waals surface area contributed by atoms with E-state index in [2.05, 4.69) is 9.88 Å². The second-order valence-corrected chi connectivity index (χ2v) is 8.88. The minimum Gasteiger partial charge on any atom is -0.466 e. The normalized spacial score (nSPS) is 23.2. The molecule has 0 bridgehead atoms. The number of piperidine rings is 1. The van der Waals surface area contributed by atoms with Crippen molar-refractivity contribution in [2.24, 2.45) is 5.92 Å². The highest BCUT2D eigenvalue weighted by Gasteiger charge is 2.37. The van der Waals surface area contributed by atoms with Crippen LogP contribution in [0, 0.1) is 5.92 Å². The number of carbonyl (C=O) groups excluding carboxylic acids is 1. The molecule has 9 heteroatoms. The summed E-state index contributed by atoms with van der Waals surface area (Å²) in [6.07, 6.45) is 3.14. The first-order valence-corrected chi connectivity index (χ1v) is 10.9. The maximum absolute atomic E-state index is 13.0. The van der Waals surface area contributed by atoms with Gasteiger partial charge >= 0.3 is 5.97 Å². The van der Waals surface area contributed by atoms with E-state index in [1.165, 1.54) is 8.61 Å². The van der Waals surface area contributed by atoms with Crippen LogP contribution in [0.25, 0.3) is 0 Å². The Labute approximate surface area is 161 Å². The zero-order chi connectivity index (χ0) is 19.3. The van der Waals surface area contributed by atoms with E-state index in [9.17, 15) is 13.2 Å². The van der Waals surface area contributed by atoms with E-state index >= 15 is 0 Å². The summed E-state index contributed by atoms with van der Waals surface area (Å²) in [6, 6.07) is 5.82. The molecule has 1 aromatic heterocycles. The molecule has 2 saturated heterocycles. The second kappa shape index (κ2) is 9.09. The average Bonchev–Trinajstić information content (AvgIpc) is 2.69. The summed E-state index contributed by atoms with van der Waals surface area (Å²) in [5.74, 6) is -0.656. The van der Waals surface area contributed by atoms with Gasteiger partial charge in [-0.1, -0.05) is 6.07 Å². The molecular formula is C18H28N4O4S. The molecule has 2 aliphatic rings. The fourth-order valence-corrected chi connectivity index (χ4v) is 5.29. The molecule has 3 heterocycles. The zero-order valence-corrected chi connectivity index (χ0v) is 16.6. The number of nitrogens with zero attached hydrogens (tertiary/aromatic N) is 4. The van der Waals surface area contributed by atoms with E-state index in [1.54, 1.807) is 13.1 Å². The summed E-state index contributed by atoms with van der Waals surface area (Å²) in [7, 11) is -3.55. The number of pyridine rings is 1. The monoisotopic (exact) mass is 396 g/mol. The summed E-state index contributed by atoms with van der Waals surface area (Å²) in [5.41, 5.74) is 0.988. The number of ether oxygens (including phenoxy) is 1. The predicted molar refractivity (Wildman–Crippen MR) is 101 cm³/mol. The Kier molecular flexibility index (Phi) is 6.80. The van der Waals surface area contributed by atoms with Crippen molar-refractivity contribution in [2.75, 3.05) is 45.9 Å². The minimum absolute atomic E-state index is 0.218. The zero-order valence-electron chi connectivity index (χ0n) is 15.8. The van der Waals surface area contributed by atoms with Crippen LogP contribution < -0.4 is 0 Å². The fourth-order valence-electron chi connectivity index (χ4n) is 3.61. The Morgan fingerprint density at radius 3 is 2.63 bits per heavy atom. The number of carbonyl (C=O) groups is 1. The third-order valence-electron chi connectivity index (χ3n) is 5.10. The molecule has 0 aromatic carbocycles. The molecule has 0 saturated carbocycles. The highest BCUT2D eigenvalue weighted by atomic mass is 32.2. The number of hydrogen-bond donors (Lipinski definition) is 0. The third-order valence-corrected chi connectivity index (χ3v) is 7.10. The van der Waals surface area contributed by atoms with E-state index in [0.29, 0.717) is 52.2 Å². The van der Waals surface area contributed by atoms with Crippen molar-refractivity contribution >= 4 is 16.2 Å². The van der Waals surface area contributed by atoms with Gasteiger partial charge in [0.2, 0.25) is 0 Å². The van der Waals surface area contributed by atoms with E-state index in [1.807, 2.05) is 18.2 Å². The van der Waals surface area contributed by atoms with Crippen molar-refractivity contribution in [1.29, 1.82) is 0 Å². The van der Waals surface area contributed by atoms with Crippen molar-refractivity contribution < 1.29 is 17.9 Å². The van der Waals surface area contributed by atoms with Gasteiger partial charge in [-0.2, -0.15) is 17.0 Å². The van der Waals surface area contributed by atoms with Crippen molar-refractivity contribution in [2.45, 2.75) is 26.3 Å². The molecule has 0 radical (unpaired) electrons. The molecular weight excluding hydrogens is 368 g/mol. The van der Waals surface area contributed by atoms with Gasteiger partial charge in [0.25, 0.3) is 10.2 Å². The molecule has 3 rings (SSSR count). The van der Waals surface area contributed by atoms with Gasteiger partial charge in [-0.25, -0.2) is 0 Å². The molecule has 0 spiro atoms. The number of piperazine rings is 1. The molecule has 2 aliphatic heterocycles. The number of rotatable bonds is 6. The summed E-state index contributed by atoms with van der Waals surface area (Å²) in [4.78, 5) is 18.5. The standard InChI is InChI=1S/C18H28N4O4S/c1-2-26-18(23)16-6-5-9-22(14-16)27(24,25)21-12-10-20(11-13-21)15-17-7-3-4-8-19-17/h3-4,7-8,16H,2,5-6,9-15H2,1H3/t16-/m0/s1. The lowest BCUT2D eigenvalue weighted by Gasteiger charge is -2.38. The molecule has 8 nitrogen and oxygen atoms in total. The fraction of sp³-hybridized carbons (Fsp3) is 0.667. The lowest BCUT2D eigenvalue weighted by atomic mass is 10.0. The van der Waals surface area contributed by atoms with E-state index in [4.69, 9.17) is 4.74 Å². The topological polar surface area (TPSA) is 83.0 Å². The van der Waals surface area contributed by atoms with Gasteiger partial charge in [-0.15, -0.1) is 0 Å². The third kappa shape index (κ3) is 5.04. The van der Waals surface area contributed by atoms with E-state index in [-0.39, 0.29) is 18.4 Å². The van der Waals surface area contributed by atoms with Gasteiger partial charge in [0, 0.05) is 52.0 Å². The van der Waals surface area contributed by atoms with Crippen LogP contribution in [-0.2, 0) is 26.3 Å². The van der Waals surface area contributed by atoms with Crippen molar-refractivity contribution in [1.82, 2.24) is 18.5 Å². The number of esters is 1. The predicted octanol–water partition coefficient (Wildman–Crippen LogP) is 0.719. The van der Waals surface area contributed by atoms with Crippen molar-refractivity contribution in [3.63, 3.8) is 0 Å². The molecule has 27 heavy (non-hydrogen) atoms. The Bertz CT molecular complexity index is 720. The summed E-state index contributed by atoms with van der Waals surface area (Å²) >= 11 is 0. The highest BCUT2D eigenvalue weighted by Crippen LogP contribution is 2.23. The Balaban J connectivity index is 1.55. The van der Waals surface area contributed by atoms with E-state index < -0.39 is 10.2 Å². The Morgan fingerprint density at radius 2 is 1.96 bits per heavy atom. The molecule has 1 aromatic rings. The van der Waals surface area contributed by atoms with Gasteiger partial charge in [-0.3, -0.25) is 14.7 Å². The summed E-state index contributed by atoms with van der Waals surface area (Å²) in [5, 5.41) is 0. The molecule has 0 amide bonds. The van der Waals surface area contributed by atoms with Crippen molar-refractivity contribution in [3.8, 4) is 0 Å². The average molecular weight is 397 g/mol. The molecule has 1 atom stereocenters. The smallest absolute Gasteiger partial charge is 0.310 e. The van der Waals surface area contributed by atoms with Crippen LogP contribution in [0.5, 0.6) is 0 Å². The Hall–Kier alpha value is -1.55. The largest absolute Gasteiger partial charge is 0.466 e. The molecule has 0 unspecified atom stereocenters. The maximum atomic E-state index is 13.0. The first-order valence-electron chi connectivity index (χ1n) is 9.55. The molecule has 0 N–H and O–H groups in total. The lowest BCUT2D eigenvalue weighted by Crippen LogP contribution is -2.55. The van der Waals surface area contributed by atoms with Crippen LogP contribution in [0.4, 0.5) is 0 Å². The molecule has 2 fully saturated rings. The van der Waals surface area contributed by atoms with Crippen LogP contribution in [0.2, 0.25) is 0 Å². The first kappa shape index (κ1) is 20.2. The quantitative estimate of drug-likeness (QED) is 0.659. The van der Waals surface area contributed by atoms with E-state index in [0.717, 1.165) is 12.2 Å². The van der Waals surface area contributed by atoms with Crippen molar-refractivity contribution in [3.05, 3.63) is 30.1 Å². The van der Waals surface area contributed by atoms with Crippen LogP contribution in [0.1, 0.15) is 25.5 Å². The summed E-state index contributed by atoms with van der Waals surface area (Å²) < 4.78 is 34.1. The maximum Gasteiger partial charge on any atom is 0.310 e. The van der Waals surface area contributed by atoms with Crippen LogP contribution in [0.15, 0.2) is 24.4 Å². The van der Waals surface area contributed by atoms with Crippen LogP contribution in [-0.4, -0.2) is 78.8 Å². The number of aromatic nitrogens is 1. The van der Waals surface area contributed by atoms with Crippen LogP contribution in [0.3, 0.4) is 0 Å². The second-order valence-electron chi connectivity index (χ2n) is 6.95. The SMILES string of the molecule is CCOC(=O)[C@H]1CCCN(S(=O)(=O)N2CCN(Cc3ccccn3)CC2)C1. The molecule has 0 aliphatic carbocycles. The minimum atomic E-state index is -3.55. The first-order chi connectivity index (χ1) is 13.0. The van der Waals surface area contributed by atoms with Gasteiger partial charge in [0.15, 0.2) is 0 Å². The lowest BCUT2D eigenvalue weighted by molar-refractivity contribution is -0.149. The highest BCUT2D eigenvalue weighted by molar-refractivity contribution is 7.86. The van der Waals surface area contributed by atoms with Gasteiger partial charge in [-0.05, 0) is 31.9 Å². The molecule has 150 valence electrons. The van der Waals surface area contributed by atoms with Gasteiger partial charge < -0.3 is 4.74 Å².